The summed E-state index contributed by atoms with van der Waals surface area (Å²) in [5, 5.41) is 0. The lowest BCUT2D eigenvalue weighted by atomic mass is 9.88. The molecule has 3 aromatic rings. The number of rotatable bonds is 5. The van der Waals surface area contributed by atoms with E-state index in [0.717, 1.165) is 37.5 Å². The predicted molar refractivity (Wildman–Crippen MR) is 121 cm³/mol. The number of pyridine rings is 1. The normalized spacial score (nSPS) is 19.7. The van der Waals surface area contributed by atoms with E-state index in [1.807, 2.05) is 0 Å². The summed E-state index contributed by atoms with van der Waals surface area (Å²) in [5.41, 5.74) is -0.588. The number of piperidine rings is 1. The minimum absolute atomic E-state index is 0.0485. The molecule has 1 atom stereocenters. The molecule has 36 heavy (non-hydrogen) atoms. The van der Waals surface area contributed by atoms with E-state index in [1.165, 1.54) is 31.0 Å². The molecule has 1 unspecified atom stereocenters. The van der Waals surface area contributed by atoms with E-state index in [-0.39, 0.29) is 29.7 Å². The molecule has 4 heterocycles. The van der Waals surface area contributed by atoms with Gasteiger partial charge in [0.25, 0.3) is 0 Å². The molecule has 1 saturated carbocycles. The molecule has 188 valence electrons. The van der Waals surface area contributed by atoms with Crippen molar-refractivity contribution in [3.8, 4) is 17.4 Å². The van der Waals surface area contributed by atoms with E-state index in [2.05, 4.69) is 14.9 Å². The summed E-state index contributed by atoms with van der Waals surface area (Å²) in [7, 11) is 0. The topological polar surface area (TPSA) is 69.5 Å². The highest BCUT2D eigenvalue weighted by atomic mass is 19.4. The van der Waals surface area contributed by atoms with E-state index in [9.17, 15) is 22.4 Å². The predicted octanol–water partition coefficient (Wildman–Crippen LogP) is 4.93. The maximum atomic E-state index is 14.6. The largest absolute Gasteiger partial charge is 0.473 e. The number of hydrogen-bond acceptors (Lipinski definition) is 6. The van der Waals surface area contributed by atoms with Crippen LogP contribution in [-0.2, 0) is 19.3 Å². The van der Waals surface area contributed by atoms with Gasteiger partial charge >= 0.3 is 11.9 Å². The Kier molecular flexibility index (Phi) is 5.20. The van der Waals surface area contributed by atoms with Crippen LogP contribution in [0, 0.1) is 11.2 Å². The average Bonchev–Trinajstić information content (AvgIpc) is 3.48. The summed E-state index contributed by atoms with van der Waals surface area (Å²) in [5.74, 6) is -0.233. The fraction of sp³-hybridized carbons (Fsp3) is 0.400. The third-order valence-electron chi connectivity index (χ3n) is 7.24. The van der Waals surface area contributed by atoms with Crippen LogP contribution in [0.4, 0.5) is 23.4 Å². The van der Waals surface area contributed by atoms with E-state index >= 15 is 0 Å². The summed E-state index contributed by atoms with van der Waals surface area (Å²) in [6.45, 7) is 1.49. The molecule has 0 N–H and O–H groups in total. The fourth-order valence-electron chi connectivity index (χ4n) is 5.15. The number of hydrogen-bond donors (Lipinski definition) is 0. The molecule has 0 amide bonds. The number of fused-ring (bicyclic) bond motifs is 3. The molecule has 2 aliphatic heterocycles. The van der Waals surface area contributed by atoms with Gasteiger partial charge < -0.3 is 14.4 Å². The van der Waals surface area contributed by atoms with Crippen LogP contribution in [0.1, 0.15) is 36.9 Å². The number of ether oxygens (including phenoxy) is 2. The van der Waals surface area contributed by atoms with Crippen molar-refractivity contribution < 1.29 is 27.0 Å². The molecule has 6 rings (SSSR count). The van der Waals surface area contributed by atoms with Crippen LogP contribution in [0.3, 0.4) is 0 Å². The number of anilines is 1. The van der Waals surface area contributed by atoms with Crippen molar-refractivity contribution in [3.63, 3.8) is 0 Å². The van der Waals surface area contributed by atoms with Gasteiger partial charge in [-0.15, -0.1) is 0 Å². The Hall–Kier alpha value is -3.63. The molecule has 1 aliphatic carbocycles. The van der Waals surface area contributed by atoms with Crippen LogP contribution >= 0.6 is 0 Å². The first-order chi connectivity index (χ1) is 17.2. The Balaban J connectivity index is 1.14. The van der Waals surface area contributed by atoms with Gasteiger partial charge in [0.05, 0.1) is 0 Å². The first-order valence-electron chi connectivity index (χ1n) is 11.7. The Morgan fingerprint density at radius 1 is 1.11 bits per heavy atom. The second kappa shape index (κ2) is 8.21. The SMILES string of the molecule is O=c1nc(OCc2ccc(Oc3ccnc(C(F)(F)F)c3)c(F)c2)cc2n1CC1CC3(CCN21)CC3. The molecule has 1 aromatic carbocycles. The van der Waals surface area contributed by atoms with Gasteiger partial charge in [0.15, 0.2) is 11.6 Å². The molecule has 1 saturated heterocycles. The average molecular weight is 502 g/mol. The zero-order valence-electron chi connectivity index (χ0n) is 19.1. The van der Waals surface area contributed by atoms with Crippen LogP contribution in [0.15, 0.2) is 47.4 Å². The van der Waals surface area contributed by atoms with Crippen LogP contribution in [0.2, 0.25) is 0 Å². The lowest BCUT2D eigenvalue weighted by Crippen LogP contribution is -2.40. The molecule has 2 fully saturated rings. The highest BCUT2D eigenvalue weighted by Gasteiger charge is 2.50. The van der Waals surface area contributed by atoms with Gasteiger partial charge in [-0.1, -0.05) is 6.07 Å². The monoisotopic (exact) mass is 502 g/mol. The quantitative estimate of drug-likeness (QED) is 0.461. The van der Waals surface area contributed by atoms with Crippen LogP contribution in [0.5, 0.6) is 17.4 Å². The Labute approximate surface area is 203 Å². The molecule has 3 aliphatic rings. The maximum Gasteiger partial charge on any atom is 0.433 e. The highest BCUT2D eigenvalue weighted by molar-refractivity contribution is 5.48. The molecule has 7 nitrogen and oxygen atoms in total. The third kappa shape index (κ3) is 4.27. The van der Waals surface area contributed by atoms with Gasteiger partial charge in [-0.25, -0.2) is 9.18 Å². The van der Waals surface area contributed by atoms with Crippen molar-refractivity contribution in [3.05, 3.63) is 70.2 Å². The van der Waals surface area contributed by atoms with Gasteiger partial charge in [0.1, 0.15) is 23.9 Å². The number of alkyl halides is 3. The zero-order chi connectivity index (χ0) is 25.1. The molecule has 0 bridgehead atoms. The van der Waals surface area contributed by atoms with E-state index in [4.69, 9.17) is 9.47 Å². The van der Waals surface area contributed by atoms with Crippen molar-refractivity contribution in [2.24, 2.45) is 5.41 Å². The Morgan fingerprint density at radius 2 is 1.94 bits per heavy atom. The number of aromatic nitrogens is 3. The van der Waals surface area contributed by atoms with Gasteiger partial charge in [0.2, 0.25) is 5.88 Å². The zero-order valence-corrected chi connectivity index (χ0v) is 19.1. The summed E-state index contributed by atoms with van der Waals surface area (Å²) >= 11 is 0. The minimum Gasteiger partial charge on any atom is -0.473 e. The Bertz CT molecular complexity index is 1390. The smallest absolute Gasteiger partial charge is 0.433 e. The summed E-state index contributed by atoms with van der Waals surface area (Å²) in [6, 6.07) is 7.96. The number of benzene rings is 1. The third-order valence-corrected chi connectivity index (χ3v) is 7.24. The second-order valence-corrected chi connectivity index (χ2v) is 9.68. The van der Waals surface area contributed by atoms with Gasteiger partial charge in [-0.05, 0) is 54.9 Å². The van der Waals surface area contributed by atoms with Crippen molar-refractivity contribution in [2.75, 3.05) is 11.4 Å². The standard InChI is InChI=1S/C25H22F4N4O3/c26-18-9-15(1-2-19(18)36-17-3-7-30-20(10-17)25(27,28)29)14-35-21-11-22-32-8-6-24(4-5-24)12-16(32)13-33(22)23(34)31-21/h1-3,7,9-11,16H,4-6,8,12-14H2. The van der Waals surface area contributed by atoms with Crippen LogP contribution < -0.4 is 20.1 Å². The minimum atomic E-state index is -4.64. The Morgan fingerprint density at radius 3 is 2.69 bits per heavy atom. The van der Waals surface area contributed by atoms with Crippen molar-refractivity contribution >= 4 is 5.82 Å². The maximum absolute atomic E-state index is 14.6. The lowest BCUT2D eigenvalue weighted by Gasteiger charge is -2.35. The first kappa shape index (κ1) is 22.8. The summed E-state index contributed by atoms with van der Waals surface area (Å²) < 4.78 is 65.8. The van der Waals surface area contributed by atoms with Gasteiger partial charge in [-0.2, -0.15) is 18.2 Å². The highest BCUT2D eigenvalue weighted by Crippen LogP contribution is 2.56. The summed E-state index contributed by atoms with van der Waals surface area (Å²) in [4.78, 5) is 22.2. The summed E-state index contributed by atoms with van der Waals surface area (Å²) in [6.07, 6.45) is 1.07. The molecule has 0 radical (unpaired) electrons. The van der Waals surface area contributed by atoms with Gasteiger partial charge in [0, 0.05) is 37.5 Å². The second-order valence-electron chi connectivity index (χ2n) is 9.68. The van der Waals surface area contributed by atoms with Crippen molar-refractivity contribution in [1.29, 1.82) is 0 Å². The van der Waals surface area contributed by atoms with Crippen LogP contribution in [-0.4, -0.2) is 27.1 Å². The number of halogens is 4. The molecule has 1 spiro atoms. The lowest BCUT2D eigenvalue weighted by molar-refractivity contribution is -0.141. The van der Waals surface area contributed by atoms with Crippen LogP contribution in [0.25, 0.3) is 0 Å². The van der Waals surface area contributed by atoms with Crippen molar-refractivity contribution in [2.45, 2.75) is 51.1 Å². The fourth-order valence-corrected chi connectivity index (χ4v) is 5.15. The van der Waals surface area contributed by atoms with Gasteiger partial charge in [-0.3, -0.25) is 9.55 Å². The van der Waals surface area contributed by atoms with Crippen molar-refractivity contribution in [1.82, 2.24) is 14.5 Å². The molecule has 2 aromatic heterocycles. The molecule has 11 heteroatoms. The van der Waals surface area contributed by atoms with E-state index in [1.54, 1.807) is 10.6 Å². The molecular formula is C25H22F4N4O3. The molecular weight excluding hydrogens is 480 g/mol. The first-order valence-corrected chi connectivity index (χ1v) is 11.7. The van der Waals surface area contributed by atoms with E-state index in [0.29, 0.717) is 29.6 Å². The van der Waals surface area contributed by atoms with E-state index < -0.39 is 17.7 Å². The number of nitrogens with zero attached hydrogens (tertiary/aromatic N) is 4.